The molecule has 0 saturated carbocycles. The smallest absolute Gasteiger partial charge is 0.119 e. The minimum Gasteiger partial charge on any atom is -0.497 e. The molecule has 0 aliphatic rings. The Bertz CT molecular complexity index is 526. The molecule has 100 valence electrons. The number of rotatable bonds is 6. The monoisotopic (exact) mass is 275 g/mol. The second-order valence-electron chi connectivity index (χ2n) is 4.12. The van der Waals surface area contributed by atoms with Crippen LogP contribution in [-0.2, 0) is 17.4 Å². The van der Waals surface area contributed by atoms with Crippen LogP contribution in [0.2, 0.25) is 0 Å². The second-order valence-corrected chi connectivity index (χ2v) is 5.42. The van der Waals surface area contributed by atoms with Crippen LogP contribution in [0, 0.1) is 0 Å². The van der Waals surface area contributed by atoms with E-state index in [1.54, 1.807) is 7.11 Å². The Kier molecular flexibility index (Phi) is 4.98. The molecule has 2 rings (SSSR count). The Morgan fingerprint density at radius 1 is 1.05 bits per heavy atom. The first kappa shape index (κ1) is 13.6. The third kappa shape index (κ3) is 4.41. The molecule has 19 heavy (non-hydrogen) atoms. The van der Waals surface area contributed by atoms with Crippen LogP contribution in [0.1, 0.15) is 5.56 Å². The molecule has 0 spiro atoms. The Hall–Kier alpha value is -1.81. The highest BCUT2D eigenvalue weighted by atomic mass is 32.2. The zero-order chi connectivity index (χ0) is 13.5. The number of anilines is 1. The van der Waals surface area contributed by atoms with Crippen LogP contribution in [0.25, 0.3) is 0 Å². The molecule has 3 nitrogen and oxygen atoms in total. The van der Waals surface area contributed by atoms with Gasteiger partial charge in [0.1, 0.15) is 16.7 Å². The quantitative estimate of drug-likeness (QED) is 0.880. The Morgan fingerprint density at radius 3 is 2.37 bits per heavy atom. The summed E-state index contributed by atoms with van der Waals surface area (Å²) in [7, 11) is 0.555. The van der Waals surface area contributed by atoms with Crippen LogP contribution in [0.3, 0.4) is 0 Å². The van der Waals surface area contributed by atoms with E-state index in [9.17, 15) is 4.21 Å². The van der Waals surface area contributed by atoms with Crippen LogP contribution < -0.4 is 9.46 Å². The van der Waals surface area contributed by atoms with Gasteiger partial charge in [-0.1, -0.05) is 30.3 Å². The molecule has 0 saturated heterocycles. The van der Waals surface area contributed by atoms with E-state index in [1.807, 2.05) is 54.6 Å². The molecular formula is C15H17NO2S. The molecule has 0 amide bonds. The molecule has 0 bridgehead atoms. The van der Waals surface area contributed by atoms with Crippen molar-refractivity contribution < 1.29 is 8.95 Å². The molecule has 2 aromatic rings. The highest BCUT2D eigenvalue weighted by molar-refractivity contribution is 7.86. The molecule has 0 unspecified atom stereocenters. The first-order valence-corrected chi connectivity index (χ1v) is 7.43. The summed E-state index contributed by atoms with van der Waals surface area (Å²) in [6.07, 6.45) is 0.802. The van der Waals surface area contributed by atoms with Gasteiger partial charge in [0, 0.05) is 11.4 Å². The van der Waals surface area contributed by atoms with E-state index in [0.29, 0.717) is 5.75 Å². The molecule has 4 heteroatoms. The fourth-order valence-electron chi connectivity index (χ4n) is 1.70. The maximum absolute atomic E-state index is 11.9. The van der Waals surface area contributed by atoms with Gasteiger partial charge >= 0.3 is 0 Å². The number of hydrogen-bond acceptors (Lipinski definition) is 2. The number of hydrogen-bond donors (Lipinski definition) is 1. The molecule has 0 aromatic heterocycles. The average molecular weight is 275 g/mol. The van der Waals surface area contributed by atoms with Crippen molar-refractivity contribution in [1.82, 2.24) is 0 Å². The molecular weight excluding hydrogens is 258 g/mol. The molecule has 0 fully saturated rings. The summed E-state index contributed by atoms with van der Waals surface area (Å²) in [5, 5.41) is 0. The first-order valence-electron chi connectivity index (χ1n) is 6.11. The van der Waals surface area contributed by atoms with Gasteiger partial charge in [-0.05, 0) is 36.2 Å². The summed E-state index contributed by atoms with van der Waals surface area (Å²) in [5.41, 5.74) is 2.04. The molecule has 1 atom stereocenters. The van der Waals surface area contributed by atoms with Gasteiger partial charge in [-0.3, -0.25) is 0 Å². The van der Waals surface area contributed by atoms with E-state index >= 15 is 0 Å². The third-order valence-electron chi connectivity index (χ3n) is 2.74. The van der Waals surface area contributed by atoms with Gasteiger partial charge in [0.2, 0.25) is 0 Å². The molecule has 0 aliphatic carbocycles. The van der Waals surface area contributed by atoms with E-state index < -0.39 is 11.0 Å². The lowest BCUT2D eigenvalue weighted by Gasteiger charge is -2.07. The van der Waals surface area contributed by atoms with E-state index in [0.717, 1.165) is 17.9 Å². The van der Waals surface area contributed by atoms with Gasteiger partial charge in [0.15, 0.2) is 0 Å². The van der Waals surface area contributed by atoms with Crippen molar-refractivity contribution in [2.45, 2.75) is 6.42 Å². The summed E-state index contributed by atoms with van der Waals surface area (Å²) in [5.74, 6) is 1.39. The van der Waals surface area contributed by atoms with E-state index in [-0.39, 0.29) is 0 Å². The van der Waals surface area contributed by atoms with Crippen molar-refractivity contribution in [2.24, 2.45) is 0 Å². The number of aryl methyl sites for hydroxylation is 1. The van der Waals surface area contributed by atoms with Gasteiger partial charge in [-0.25, -0.2) is 4.21 Å². The standard InChI is InChI=1S/C15H17NO2S/c1-18-15-9-7-14(8-10-15)16-19(17)12-11-13-5-3-2-4-6-13/h2-10,16H,11-12H2,1H3/t19-/m0/s1. The Balaban J connectivity index is 1.83. The normalized spacial score (nSPS) is 11.8. The van der Waals surface area contributed by atoms with Gasteiger partial charge in [0.25, 0.3) is 0 Å². The fraction of sp³-hybridized carbons (Fsp3) is 0.200. The zero-order valence-electron chi connectivity index (χ0n) is 10.8. The van der Waals surface area contributed by atoms with E-state index in [4.69, 9.17) is 4.74 Å². The minimum atomic E-state index is -1.07. The Labute approximate surface area is 116 Å². The van der Waals surface area contributed by atoms with Crippen LogP contribution in [0.15, 0.2) is 54.6 Å². The van der Waals surface area contributed by atoms with E-state index in [2.05, 4.69) is 4.72 Å². The van der Waals surface area contributed by atoms with Crippen molar-refractivity contribution >= 4 is 16.7 Å². The molecule has 0 aliphatic heterocycles. The average Bonchev–Trinajstić information content (AvgIpc) is 2.47. The zero-order valence-corrected chi connectivity index (χ0v) is 11.7. The number of benzene rings is 2. The summed E-state index contributed by atoms with van der Waals surface area (Å²) in [6, 6.07) is 17.5. The number of methoxy groups -OCH3 is 1. The maximum Gasteiger partial charge on any atom is 0.119 e. The van der Waals surface area contributed by atoms with Gasteiger partial charge in [-0.2, -0.15) is 0 Å². The van der Waals surface area contributed by atoms with Gasteiger partial charge in [-0.15, -0.1) is 0 Å². The molecule has 2 aromatic carbocycles. The lowest BCUT2D eigenvalue weighted by Crippen LogP contribution is -2.10. The van der Waals surface area contributed by atoms with Crippen molar-refractivity contribution in [1.29, 1.82) is 0 Å². The second kappa shape index (κ2) is 6.95. The van der Waals surface area contributed by atoms with Crippen molar-refractivity contribution in [2.75, 3.05) is 17.6 Å². The first-order chi connectivity index (χ1) is 9.28. The summed E-state index contributed by atoms with van der Waals surface area (Å²) < 4.78 is 20.0. The maximum atomic E-state index is 11.9. The van der Waals surface area contributed by atoms with E-state index in [1.165, 1.54) is 5.56 Å². The minimum absolute atomic E-state index is 0.593. The molecule has 0 radical (unpaired) electrons. The predicted octanol–water partition coefficient (Wildman–Crippen LogP) is 3.01. The SMILES string of the molecule is COc1ccc(N[S@@](=O)CCc2ccccc2)cc1. The number of ether oxygens (including phenoxy) is 1. The molecule has 1 N–H and O–H groups in total. The molecule has 0 heterocycles. The predicted molar refractivity (Wildman–Crippen MR) is 79.8 cm³/mol. The van der Waals surface area contributed by atoms with Gasteiger partial charge < -0.3 is 9.46 Å². The summed E-state index contributed by atoms with van der Waals surface area (Å²) >= 11 is 0. The largest absolute Gasteiger partial charge is 0.497 e. The lowest BCUT2D eigenvalue weighted by molar-refractivity contribution is 0.415. The van der Waals surface area contributed by atoms with Crippen LogP contribution in [-0.4, -0.2) is 17.1 Å². The van der Waals surface area contributed by atoms with Crippen molar-refractivity contribution in [3.63, 3.8) is 0 Å². The third-order valence-corrected chi connectivity index (χ3v) is 3.78. The highest BCUT2D eigenvalue weighted by Crippen LogP contribution is 2.15. The summed E-state index contributed by atoms with van der Waals surface area (Å²) in [4.78, 5) is 0. The fourth-order valence-corrected chi connectivity index (χ4v) is 2.62. The van der Waals surface area contributed by atoms with Crippen LogP contribution in [0.5, 0.6) is 5.75 Å². The van der Waals surface area contributed by atoms with Crippen LogP contribution in [0.4, 0.5) is 5.69 Å². The van der Waals surface area contributed by atoms with Gasteiger partial charge in [0.05, 0.1) is 7.11 Å². The highest BCUT2D eigenvalue weighted by Gasteiger charge is 2.01. The lowest BCUT2D eigenvalue weighted by atomic mass is 10.2. The van der Waals surface area contributed by atoms with Crippen LogP contribution >= 0.6 is 0 Å². The summed E-state index contributed by atoms with van der Waals surface area (Å²) in [6.45, 7) is 0. The van der Waals surface area contributed by atoms with Crippen molar-refractivity contribution in [3.8, 4) is 5.75 Å². The number of nitrogens with one attached hydrogen (secondary N) is 1. The Morgan fingerprint density at radius 2 is 1.74 bits per heavy atom. The topological polar surface area (TPSA) is 38.3 Å². The van der Waals surface area contributed by atoms with Crippen molar-refractivity contribution in [3.05, 3.63) is 60.2 Å².